The molecule has 3 nitrogen and oxygen atoms in total. The minimum atomic E-state index is 0.753. The highest BCUT2D eigenvalue weighted by atomic mass is 79.9. The lowest BCUT2D eigenvalue weighted by molar-refractivity contribution is 0.494. The molecule has 2 unspecified atom stereocenters. The molecule has 17 heavy (non-hydrogen) atoms. The predicted octanol–water partition coefficient (Wildman–Crippen LogP) is 2.66. The van der Waals surface area contributed by atoms with Crippen LogP contribution in [-0.4, -0.2) is 25.1 Å². The second-order valence-electron chi connectivity index (χ2n) is 5.03. The van der Waals surface area contributed by atoms with Crippen LogP contribution >= 0.6 is 15.9 Å². The zero-order chi connectivity index (χ0) is 12.4. The fourth-order valence-electron chi connectivity index (χ4n) is 2.38. The first-order chi connectivity index (χ1) is 8.11. The Bertz CT molecular complexity index is 384. The van der Waals surface area contributed by atoms with E-state index in [9.17, 15) is 0 Å². The molecule has 1 aliphatic heterocycles. The smallest absolute Gasteiger partial charge is 0.133 e. The van der Waals surface area contributed by atoms with Gasteiger partial charge in [0.2, 0.25) is 0 Å². The summed E-state index contributed by atoms with van der Waals surface area (Å²) < 4.78 is 1.05. The molecule has 0 amide bonds. The van der Waals surface area contributed by atoms with E-state index < -0.39 is 0 Å². The molecule has 0 aliphatic carbocycles. The van der Waals surface area contributed by atoms with Crippen LogP contribution in [0.3, 0.4) is 0 Å². The van der Waals surface area contributed by atoms with Crippen molar-refractivity contribution in [1.29, 1.82) is 0 Å². The van der Waals surface area contributed by atoms with Crippen molar-refractivity contribution in [2.24, 2.45) is 11.8 Å². The first-order valence-electron chi connectivity index (χ1n) is 6.15. The van der Waals surface area contributed by atoms with Gasteiger partial charge in [-0.05, 0) is 40.9 Å². The van der Waals surface area contributed by atoms with E-state index in [-0.39, 0.29) is 0 Å². The molecule has 2 rings (SSSR count). The highest BCUT2D eigenvalue weighted by Gasteiger charge is 2.28. The number of hydrogen-bond acceptors (Lipinski definition) is 3. The van der Waals surface area contributed by atoms with Gasteiger partial charge in [-0.15, -0.1) is 0 Å². The molecule has 1 saturated heterocycles. The molecular formula is C13H20BrN3. The molecule has 1 aliphatic rings. The molecule has 2 heterocycles. The van der Waals surface area contributed by atoms with Crippen molar-refractivity contribution >= 4 is 21.7 Å². The third-order valence-electron chi connectivity index (χ3n) is 3.56. The fraction of sp³-hybridized carbons (Fsp3) is 0.615. The summed E-state index contributed by atoms with van der Waals surface area (Å²) in [6.45, 7) is 7.74. The van der Waals surface area contributed by atoms with Crippen molar-refractivity contribution in [3.63, 3.8) is 0 Å². The van der Waals surface area contributed by atoms with E-state index in [1.54, 1.807) is 0 Å². The number of pyridine rings is 1. The van der Waals surface area contributed by atoms with Gasteiger partial charge in [-0.3, -0.25) is 0 Å². The topological polar surface area (TPSA) is 28.2 Å². The summed E-state index contributed by atoms with van der Waals surface area (Å²) in [5.74, 6) is 2.64. The SMILES string of the molecule is CNCc1cc(Br)cnc1N1CC(C)C(C)C1. The Morgan fingerprint density at radius 3 is 2.65 bits per heavy atom. The van der Waals surface area contributed by atoms with Gasteiger partial charge in [-0.1, -0.05) is 13.8 Å². The van der Waals surface area contributed by atoms with E-state index >= 15 is 0 Å². The number of rotatable bonds is 3. The zero-order valence-corrected chi connectivity index (χ0v) is 12.3. The third kappa shape index (κ3) is 2.80. The first-order valence-corrected chi connectivity index (χ1v) is 6.95. The molecule has 1 aromatic rings. The fourth-order valence-corrected chi connectivity index (χ4v) is 2.76. The second kappa shape index (κ2) is 5.36. The van der Waals surface area contributed by atoms with Gasteiger partial charge >= 0.3 is 0 Å². The van der Waals surface area contributed by atoms with E-state index in [2.05, 4.69) is 51.0 Å². The van der Waals surface area contributed by atoms with Crippen LogP contribution in [-0.2, 0) is 6.54 Å². The highest BCUT2D eigenvalue weighted by Crippen LogP contribution is 2.29. The van der Waals surface area contributed by atoms with E-state index in [1.807, 2.05) is 13.2 Å². The number of anilines is 1. The normalized spacial score (nSPS) is 24.4. The lowest BCUT2D eigenvalue weighted by Crippen LogP contribution is -2.23. The molecule has 0 saturated carbocycles. The molecule has 1 aromatic heterocycles. The molecule has 0 radical (unpaired) electrons. The lowest BCUT2D eigenvalue weighted by atomic mass is 10.0. The lowest BCUT2D eigenvalue weighted by Gasteiger charge is -2.20. The number of nitrogens with zero attached hydrogens (tertiary/aromatic N) is 2. The molecular weight excluding hydrogens is 278 g/mol. The first kappa shape index (κ1) is 12.8. The molecule has 1 N–H and O–H groups in total. The summed E-state index contributed by atoms with van der Waals surface area (Å²) in [7, 11) is 1.97. The highest BCUT2D eigenvalue weighted by molar-refractivity contribution is 9.10. The second-order valence-corrected chi connectivity index (χ2v) is 5.94. The number of nitrogens with one attached hydrogen (secondary N) is 1. The molecule has 4 heteroatoms. The summed E-state index contributed by atoms with van der Waals surface area (Å²) in [6.07, 6.45) is 1.89. The van der Waals surface area contributed by atoms with Gasteiger partial charge in [0.1, 0.15) is 5.82 Å². The van der Waals surface area contributed by atoms with Gasteiger partial charge in [0, 0.05) is 35.9 Å². The molecule has 0 spiro atoms. The van der Waals surface area contributed by atoms with Crippen LogP contribution in [0.15, 0.2) is 16.7 Å². The van der Waals surface area contributed by atoms with Crippen LogP contribution in [0.5, 0.6) is 0 Å². The van der Waals surface area contributed by atoms with Crippen molar-refractivity contribution in [1.82, 2.24) is 10.3 Å². The minimum absolute atomic E-state index is 0.753. The maximum Gasteiger partial charge on any atom is 0.133 e. The molecule has 2 atom stereocenters. The zero-order valence-electron chi connectivity index (χ0n) is 10.7. The Balaban J connectivity index is 2.25. The molecule has 94 valence electrons. The standard InChI is InChI=1S/C13H20BrN3/c1-9-7-17(8-10(9)2)13-11(5-15-3)4-12(14)6-16-13/h4,6,9-10,15H,5,7-8H2,1-3H3. The Morgan fingerprint density at radius 1 is 1.41 bits per heavy atom. The van der Waals surface area contributed by atoms with Crippen molar-refractivity contribution in [3.05, 3.63) is 22.3 Å². The van der Waals surface area contributed by atoms with Crippen LogP contribution in [0.2, 0.25) is 0 Å². The number of aromatic nitrogens is 1. The average molecular weight is 298 g/mol. The summed E-state index contributed by atoms with van der Waals surface area (Å²) >= 11 is 3.49. The van der Waals surface area contributed by atoms with Gasteiger partial charge in [-0.25, -0.2) is 4.98 Å². The molecule has 0 bridgehead atoms. The minimum Gasteiger partial charge on any atom is -0.356 e. The van der Waals surface area contributed by atoms with Crippen LogP contribution in [0, 0.1) is 11.8 Å². The number of halogens is 1. The van der Waals surface area contributed by atoms with Crippen LogP contribution in [0.25, 0.3) is 0 Å². The van der Waals surface area contributed by atoms with E-state index in [0.717, 1.165) is 41.8 Å². The summed E-state index contributed by atoms with van der Waals surface area (Å²) in [5.41, 5.74) is 1.27. The predicted molar refractivity (Wildman–Crippen MR) is 75.2 cm³/mol. The quantitative estimate of drug-likeness (QED) is 0.930. The molecule has 1 fully saturated rings. The van der Waals surface area contributed by atoms with Gasteiger partial charge in [0.25, 0.3) is 0 Å². The summed E-state index contributed by atoms with van der Waals surface area (Å²) in [6, 6.07) is 2.16. The van der Waals surface area contributed by atoms with Gasteiger partial charge in [-0.2, -0.15) is 0 Å². The Hall–Kier alpha value is -0.610. The van der Waals surface area contributed by atoms with Crippen LogP contribution in [0.1, 0.15) is 19.4 Å². The van der Waals surface area contributed by atoms with E-state index in [0.29, 0.717) is 0 Å². The Labute approximate surface area is 112 Å². The van der Waals surface area contributed by atoms with Gasteiger partial charge in [0.15, 0.2) is 0 Å². The molecule has 0 aromatic carbocycles. The Morgan fingerprint density at radius 2 is 2.06 bits per heavy atom. The van der Waals surface area contributed by atoms with Crippen molar-refractivity contribution in [2.45, 2.75) is 20.4 Å². The maximum atomic E-state index is 4.59. The van der Waals surface area contributed by atoms with Crippen molar-refractivity contribution < 1.29 is 0 Å². The Kier molecular flexibility index (Phi) is 4.05. The van der Waals surface area contributed by atoms with Crippen molar-refractivity contribution in [3.8, 4) is 0 Å². The van der Waals surface area contributed by atoms with Gasteiger partial charge < -0.3 is 10.2 Å². The monoisotopic (exact) mass is 297 g/mol. The maximum absolute atomic E-state index is 4.59. The third-order valence-corrected chi connectivity index (χ3v) is 4.00. The van der Waals surface area contributed by atoms with E-state index in [4.69, 9.17) is 0 Å². The summed E-state index contributed by atoms with van der Waals surface area (Å²) in [4.78, 5) is 7.00. The van der Waals surface area contributed by atoms with E-state index in [1.165, 1.54) is 5.56 Å². The largest absolute Gasteiger partial charge is 0.356 e. The number of hydrogen-bond donors (Lipinski definition) is 1. The van der Waals surface area contributed by atoms with Crippen molar-refractivity contribution in [2.75, 3.05) is 25.0 Å². The average Bonchev–Trinajstić information content (AvgIpc) is 2.60. The van der Waals surface area contributed by atoms with Crippen LogP contribution in [0.4, 0.5) is 5.82 Å². The summed E-state index contributed by atoms with van der Waals surface area (Å²) in [5, 5.41) is 3.21. The van der Waals surface area contributed by atoms with Gasteiger partial charge in [0.05, 0.1) is 0 Å². The van der Waals surface area contributed by atoms with Crippen LogP contribution < -0.4 is 10.2 Å².